The van der Waals surface area contributed by atoms with Crippen LogP contribution in [0.4, 0.5) is 4.79 Å². The van der Waals surface area contributed by atoms with Crippen LogP contribution in [0.15, 0.2) is 24.3 Å². The number of alkyl carbamates (subject to hydrolysis) is 1. The van der Waals surface area contributed by atoms with E-state index in [4.69, 9.17) is 9.39 Å². The van der Waals surface area contributed by atoms with Crippen molar-refractivity contribution in [3.63, 3.8) is 0 Å². The van der Waals surface area contributed by atoms with Crippen molar-refractivity contribution in [2.75, 3.05) is 13.2 Å². The van der Waals surface area contributed by atoms with E-state index in [9.17, 15) is 9.82 Å². The minimum absolute atomic E-state index is 0.213. The first-order chi connectivity index (χ1) is 11.2. The number of nitrogens with one attached hydrogen (secondary N) is 1. The molecule has 5 nitrogen and oxygen atoms in total. The number of amides is 1. The van der Waals surface area contributed by atoms with Gasteiger partial charge in [0.2, 0.25) is 0 Å². The number of hydrogen-bond donors (Lipinski definition) is 2. The largest absolute Gasteiger partial charge is 0.491 e. The van der Waals surface area contributed by atoms with Gasteiger partial charge in [-0.15, -0.1) is 0 Å². The van der Waals surface area contributed by atoms with Gasteiger partial charge >= 0.3 is 13.2 Å². The van der Waals surface area contributed by atoms with E-state index in [-0.39, 0.29) is 5.92 Å². The lowest BCUT2D eigenvalue weighted by atomic mass is 9.79. The zero-order chi connectivity index (χ0) is 18.2. The summed E-state index contributed by atoms with van der Waals surface area (Å²) in [6, 6.07) is 7.77. The Balaban J connectivity index is 2.25. The van der Waals surface area contributed by atoms with Crippen molar-refractivity contribution < 1.29 is 19.2 Å². The predicted molar refractivity (Wildman–Crippen MR) is 97.4 cm³/mol. The topological polar surface area (TPSA) is 67.8 Å². The summed E-state index contributed by atoms with van der Waals surface area (Å²) in [7, 11) is -0.919. The Hall–Kier alpha value is -1.53. The highest BCUT2D eigenvalue weighted by atomic mass is 16.6. The second-order valence-corrected chi connectivity index (χ2v) is 7.10. The van der Waals surface area contributed by atoms with E-state index in [1.165, 1.54) is 5.56 Å². The quantitative estimate of drug-likeness (QED) is 0.717. The van der Waals surface area contributed by atoms with Gasteiger partial charge in [-0.05, 0) is 50.6 Å². The maximum absolute atomic E-state index is 11.5. The van der Waals surface area contributed by atoms with Gasteiger partial charge in [0.25, 0.3) is 0 Å². The summed E-state index contributed by atoms with van der Waals surface area (Å²) in [5.74, 6) is 0.213. The Labute approximate surface area is 145 Å². The first-order valence-corrected chi connectivity index (χ1v) is 8.56. The van der Waals surface area contributed by atoms with Crippen LogP contribution in [0.5, 0.6) is 0 Å². The van der Waals surface area contributed by atoms with E-state index in [2.05, 4.69) is 12.2 Å². The third-order valence-electron chi connectivity index (χ3n) is 3.52. The fourth-order valence-corrected chi connectivity index (χ4v) is 2.09. The average Bonchev–Trinajstić information content (AvgIpc) is 2.51. The summed E-state index contributed by atoms with van der Waals surface area (Å²) >= 11 is 0. The minimum Gasteiger partial charge on any atom is -0.444 e. The Morgan fingerprint density at radius 3 is 2.46 bits per heavy atom. The highest BCUT2D eigenvalue weighted by Crippen LogP contribution is 2.07. The highest BCUT2D eigenvalue weighted by molar-refractivity contribution is 6.59. The van der Waals surface area contributed by atoms with Crippen molar-refractivity contribution in [2.24, 2.45) is 5.92 Å². The average molecular weight is 335 g/mol. The molecule has 0 aliphatic heterocycles. The summed E-state index contributed by atoms with van der Waals surface area (Å²) in [4.78, 5) is 11.5. The van der Waals surface area contributed by atoms with E-state index in [0.717, 1.165) is 18.3 Å². The molecule has 1 amide bonds. The van der Waals surface area contributed by atoms with Crippen LogP contribution in [0, 0.1) is 5.92 Å². The summed E-state index contributed by atoms with van der Waals surface area (Å²) in [5.41, 5.74) is 1.50. The monoisotopic (exact) mass is 335 g/mol. The van der Waals surface area contributed by atoms with Crippen LogP contribution < -0.4 is 10.8 Å². The first kappa shape index (κ1) is 20.5. The Kier molecular flexibility index (Phi) is 8.29. The molecule has 0 aliphatic carbocycles. The lowest BCUT2D eigenvalue weighted by molar-refractivity contribution is 0.0523. The minimum atomic E-state index is -0.919. The van der Waals surface area contributed by atoms with Gasteiger partial charge in [-0.1, -0.05) is 38.1 Å². The lowest BCUT2D eigenvalue weighted by Gasteiger charge is -2.20. The molecule has 0 saturated heterocycles. The van der Waals surface area contributed by atoms with Crippen LogP contribution in [-0.4, -0.2) is 37.0 Å². The SMILES string of the molecule is CCc1ccc(B(O)OCC(C)CCNC(=O)OC(C)(C)C)cc1. The van der Waals surface area contributed by atoms with Gasteiger partial charge in [0, 0.05) is 13.2 Å². The van der Waals surface area contributed by atoms with Crippen LogP contribution in [0.2, 0.25) is 0 Å². The normalized spacial score (nSPS) is 12.6. The Morgan fingerprint density at radius 1 is 1.29 bits per heavy atom. The number of aryl methyl sites for hydroxylation is 1. The molecule has 24 heavy (non-hydrogen) atoms. The third-order valence-corrected chi connectivity index (χ3v) is 3.52. The van der Waals surface area contributed by atoms with Crippen molar-refractivity contribution >= 4 is 18.7 Å². The van der Waals surface area contributed by atoms with E-state index in [0.29, 0.717) is 13.2 Å². The molecule has 134 valence electrons. The van der Waals surface area contributed by atoms with Crippen molar-refractivity contribution in [2.45, 2.75) is 53.1 Å². The van der Waals surface area contributed by atoms with Crippen molar-refractivity contribution in [3.8, 4) is 0 Å². The number of benzene rings is 1. The maximum atomic E-state index is 11.5. The fraction of sp³-hybridized carbons (Fsp3) is 0.611. The first-order valence-electron chi connectivity index (χ1n) is 8.56. The van der Waals surface area contributed by atoms with Crippen molar-refractivity contribution in [1.29, 1.82) is 0 Å². The molecule has 0 aromatic heterocycles. The maximum Gasteiger partial charge on any atom is 0.491 e. The van der Waals surface area contributed by atoms with Gasteiger partial charge < -0.3 is 19.7 Å². The Morgan fingerprint density at radius 2 is 1.92 bits per heavy atom. The van der Waals surface area contributed by atoms with Crippen molar-refractivity contribution in [1.82, 2.24) is 5.32 Å². The number of rotatable bonds is 8. The van der Waals surface area contributed by atoms with Crippen LogP contribution in [0.25, 0.3) is 0 Å². The molecule has 1 atom stereocenters. The molecule has 0 heterocycles. The molecule has 0 bridgehead atoms. The summed E-state index contributed by atoms with van der Waals surface area (Å²) in [5, 5.41) is 12.8. The molecule has 1 aromatic carbocycles. The van der Waals surface area contributed by atoms with Gasteiger partial charge in [0.15, 0.2) is 0 Å². The molecule has 0 fully saturated rings. The van der Waals surface area contributed by atoms with Crippen molar-refractivity contribution in [3.05, 3.63) is 29.8 Å². The highest BCUT2D eigenvalue weighted by Gasteiger charge is 2.18. The number of carbonyl (C=O) groups is 1. The van der Waals surface area contributed by atoms with Crippen LogP contribution in [-0.2, 0) is 15.8 Å². The van der Waals surface area contributed by atoms with Gasteiger partial charge in [-0.2, -0.15) is 0 Å². The van der Waals surface area contributed by atoms with E-state index >= 15 is 0 Å². The standard InChI is InChI=1S/C18H30BNO4/c1-6-15-7-9-16(10-8-15)19(22)23-13-14(2)11-12-20-17(21)24-18(3,4)5/h7-10,14,22H,6,11-13H2,1-5H3,(H,20,21). The summed E-state index contributed by atoms with van der Waals surface area (Å²) in [6.07, 6.45) is 1.31. The smallest absolute Gasteiger partial charge is 0.444 e. The van der Waals surface area contributed by atoms with E-state index in [1.807, 2.05) is 52.0 Å². The number of hydrogen-bond acceptors (Lipinski definition) is 4. The molecule has 6 heteroatoms. The van der Waals surface area contributed by atoms with Crippen LogP contribution >= 0.6 is 0 Å². The molecule has 1 rings (SSSR count). The number of ether oxygens (including phenoxy) is 1. The van der Waals surface area contributed by atoms with Gasteiger partial charge in [-0.25, -0.2) is 4.79 Å². The van der Waals surface area contributed by atoms with Gasteiger partial charge in [0.05, 0.1) is 0 Å². The zero-order valence-electron chi connectivity index (χ0n) is 15.5. The molecule has 1 unspecified atom stereocenters. The molecule has 2 N–H and O–H groups in total. The number of carbonyl (C=O) groups excluding carboxylic acids is 1. The molecular formula is C18H30BNO4. The molecule has 0 spiro atoms. The zero-order valence-corrected chi connectivity index (χ0v) is 15.5. The molecule has 0 saturated carbocycles. The Bertz CT molecular complexity index is 499. The van der Waals surface area contributed by atoms with E-state index in [1.54, 1.807) is 0 Å². The second-order valence-electron chi connectivity index (χ2n) is 7.10. The molecular weight excluding hydrogens is 305 g/mol. The molecule has 0 radical (unpaired) electrons. The fourth-order valence-electron chi connectivity index (χ4n) is 2.09. The van der Waals surface area contributed by atoms with Gasteiger partial charge in [0.1, 0.15) is 5.60 Å². The molecule has 0 aliphatic rings. The lowest BCUT2D eigenvalue weighted by Crippen LogP contribution is -2.36. The summed E-state index contributed by atoms with van der Waals surface area (Å²) < 4.78 is 10.7. The predicted octanol–water partition coefficient (Wildman–Crippen LogP) is 2.50. The third kappa shape index (κ3) is 8.36. The summed E-state index contributed by atoms with van der Waals surface area (Å²) in [6.45, 7) is 10.5. The van der Waals surface area contributed by atoms with Crippen LogP contribution in [0.1, 0.15) is 46.6 Å². The molecule has 1 aromatic rings. The second kappa shape index (κ2) is 9.69. The van der Waals surface area contributed by atoms with E-state index < -0.39 is 18.8 Å². The van der Waals surface area contributed by atoms with Crippen LogP contribution in [0.3, 0.4) is 0 Å². The van der Waals surface area contributed by atoms with Gasteiger partial charge in [-0.3, -0.25) is 0 Å².